The summed E-state index contributed by atoms with van der Waals surface area (Å²) in [4.78, 5) is 37.3. The largest absolute Gasteiger partial charge is 0.493 e. The lowest BCUT2D eigenvalue weighted by molar-refractivity contribution is -0.139. The van der Waals surface area contributed by atoms with Gasteiger partial charge >= 0.3 is 12.0 Å². The fraction of sp³-hybridized carbons (Fsp3) is 0.250. The number of benzene rings is 3. The van der Waals surface area contributed by atoms with E-state index < -0.39 is 23.9 Å². The Morgan fingerprint density at radius 1 is 1.02 bits per heavy atom. The number of amides is 3. The van der Waals surface area contributed by atoms with Crippen molar-refractivity contribution in [3.63, 3.8) is 0 Å². The second-order valence-corrected chi connectivity index (χ2v) is 11.8. The lowest BCUT2D eigenvalue weighted by Gasteiger charge is -2.28. The number of hydrogen-bond donors (Lipinski definition) is 3. The number of carbonyl (C=O) groups is 3. The van der Waals surface area contributed by atoms with Crippen LogP contribution in [0.2, 0.25) is 10.0 Å². The smallest absolute Gasteiger partial charge is 0.338 e. The number of esters is 1. The van der Waals surface area contributed by atoms with E-state index in [1.807, 2.05) is 6.07 Å². The molecule has 0 radical (unpaired) electrons. The molecular formula is C32H31Cl2IN4O8. The SMILES string of the molecule is CCOC(=O)C1=C(C)NC(=O)N[C@H]1c1ccc(OCC(=O)N/N=C\c2cc(I)c(OCc3ccc(Cl)cc3Cl)c(OC)c2)c(OC)c1. The van der Waals surface area contributed by atoms with E-state index in [9.17, 15) is 14.4 Å². The molecule has 0 spiro atoms. The number of methoxy groups -OCH3 is 2. The van der Waals surface area contributed by atoms with Gasteiger partial charge in [-0.25, -0.2) is 15.0 Å². The molecule has 0 aliphatic carbocycles. The predicted octanol–water partition coefficient (Wildman–Crippen LogP) is 5.91. The molecular weight excluding hydrogens is 766 g/mol. The van der Waals surface area contributed by atoms with Crippen LogP contribution >= 0.6 is 45.8 Å². The first-order valence-corrected chi connectivity index (χ1v) is 15.9. The van der Waals surface area contributed by atoms with E-state index in [4.69, 9.17) is 46.9 Å². The molecule has 1 atom stereocenters. The first kappa shape index (κ1) is 35.6. The molecule has 47 heavy (non-hydrogen) atoms. The fourth-order valence-electron chi connectivity index (χ4n) is 4.50. The summed E-state index contributed by atoms with van der Waals surface area (Å²) < 4.78 is 28.6. The van der Waals surface area contributed by atoms with E-state index >= 15 is 0 Å². The molecule has 3 amide bonds. The summed E-state index contributed by atoms with van der Waals surface area (Å²) in [6.07, 6.45) is 1.46. The molecule has 0 aromatic heterocycles. The maximum absolute atomic E-state index is 12.6. The highest BCUT2D eigenvalue weighted by molar-refractivity contribution is 14.1. The van der Waals surface area contributed by atoms with E-state index in [2.05, 4.69) is 43.8 Å². The van der Waals surface area contributed by atoms with Crippen LogP contribution in [0.15, 0.2) is 64.9 Å². The van der Waals surface area contributed by atoms with Gasteiger partial charge in [0, 0.05) is 21.3 Å². The molecule has 0 saturated carbocycles. The van der Waals surface area contributed by atoms with Crippen LogP contribution in [0, 0.1) is 3.57 Å². The van der Waals surface area contributed by atoms with E-state index in [1.54, 1.807) is 56.3 Å². The number of carbonyl (C=O) groups excluding carboxylic acids is 3. The van der Waals surface area contributed by atoms with Crippen LogP contribution < -0.4 is 35.0 Å². The van der Waals surface area contributed by atoms with Gasteiger partial charge in [-0.2, -0.15) is 5.10 Å². The molecule has 0 saturated heterocycles. The van der Waals surface area contributed by atoms with Crippen molar-refractivity contribution in [2.75, 3.05) is 27.4 Å². The Morgan fingerprint density at radius 3 is 2.49 bits per heavy atom. The van der Waals surface area contributed by atoms with Crippen molar-refractivity contribution >= 4 is 69.9 Å². The first-order chi connectivity index (χ1) is 22.5. The highest BCUT2D eigenvalue weighted by atomic mass is 127. The number of nitrogens with one attached hydrogen (secondary N) is 3. The zero-order valence-electron chi connectivity index (χ0n) is 25.7. The van der Waals surface area contributed by atoms with Crippen molar-refractivity contribution in [3.8, 4) is 23.0 Å². The molecule has 0 fully saturated rings. The lowest BCUT2D eigenvalue weighted by atomic mass is 9.95. The number of rotatable bonds is 13. The lowest BCUT2D eigenvalue weighted by Crippen LogP contribution is -2.45. The second-order valence-electron chi connectivity index (χ2n) is 9.84. The molecule has 1 aliphatic heterocycles. The summed E-state index contributed by atoms with van der Waals surface area (Å²) in [6.45, 7) is 3.33. The predicted molar refractivity (Wildman–Crippen MR) is 184 cm³/mol. The molecule has 248 valence electrons. The summed E-state index contributed by atoms with van der Waals surface area (Å²) in [5.41, 5.74) is 5.03. The van der Waals surface area contributed by atoms with Crippen molar-refractivity contribution < 1.29 is 38.1 Å². The van der Waals surface area contributed by atoms with Crippen LogP contribution in [0.1, 0.15) is 36.6 Å². The van der Waals surface area contributed by atoms with Gasteiger partial charge in [0.25, 0.3) is 5.91 Å². The van der Waals surface area contributed by atoms with Gasteiger partial charge in [0.05, 0.1) is 42.2 Å². The third kappa shape index (κ3) is 9.20. The van der Waals surface area contributed by atoms with Crippen LogP contribution in [-0.2, 0) is 20.9 Å². The van der Waals surface area contributed by atoms with Crippen molar-refractivity contribution in [1.82, 2.24) is 16.1 Å². The van der Waals surface area contributed by atoms with Crippen molar-refractivity contribution in [3.05, 3.63) is 90.1 Å². The van der Waals surface area contributed by atoms with Gasteiger partial charge in [-0.05, 0) is 84.0 Å². The summed E-state index contributed by atoms with van der Waals surface area (Å²) in [5, 5.41) is 10.4. The molecule has 3 aromatic carbocycles. The maximum Gasteiger partial charge on any atom is 0.338 e. The van der Waals surface area contributed by atoms with Gasteiger partial charge in [0.2, 0.25) is 0 Å². The summed E-state index contributed by atoms with van der Waals surface area (Å²) in [7, 11) is 2.96. The Labute approximate surface area is 294 Å². The monoisotopic (exact) mass is 796 g/mol. The van der Waals surface area contributed by atoms with Crippen LogP contribution in [0.3, 0.4) is 0 Å². The average Bonchev–Trinajstić information content (AvgIpc) is 3.03. The highest BCUT2D eigenvalue weighted by Gasteiger charge is 2.32. The van der Waals surface area contributed by atoms with Crippen molar-refractivity contribution in [2.45, 2.75) is 26.5 Å². The van der Waals surface area contributed by atoms with E-state index in [-0.39, 0.29) is 36.9 Å². The zero-order valence-corrected chi connectivity index (χ0v) is 29.4. The maximum atomic E-state index is 12.6. The third-order valence-electron chi connectivity index (χ3n) is 6.69. The quantitative estimate of drug-likeness (QED) is 0.0838. The minimum absolute atomic E-state index is 0.176. The van der Waals surface area contributed by atoms with Crippen LogP contribution in [0.25, 0.3) is 0 Å². The van der Waals surface area contributed by atoms with Crippen LogP contribution in [0.4, 0.5) is 4.79 Å². The minimum Gasteiger partial charge on any atom is -0.493 e. The topological polar surface area (TPSA) is 146 Å². The number of hydrazone groups is 1. The average molecular weight is 797 g/mol. The van der Waals surface area contributed by atoms with Gasteiger partial charge in [-0.15, -0.1) is 0 Å². The molecule has 12 nitrogen and oxygen atoms in total. The Balaban J connectivity index is 1.38. The van der Waals surface area contributed by atoms with Crippen molar-refractivity contribution in [2.24, 2.45) is 5.10 Å². The number of hydrogen-bond acceptors (Lipinski definition) is 9. The molecule has 1 heterocycles. The Hall–Kier alpha value is -4.21. The van der Waals surface area contributed by atoms with Gasteiger partial charge < -0.3 is 34.3 Å². The fourth-order valence-corrected chi connectivity index (χ4v) is 5.75. The van der Waals surface area contributed by atoms with Crippen LogP contribution in [0.5, 0.6) is 23.0 Å². The normalized spacial score (nSPS) is 14.3. The Morgan fingerprint density at radius 2 is 1.79 bits per heavy atom. The number of nitrogens with zero attached hydrogens (tertiary/aromatic N) is 1. The van der Waals surface area contributed by atoms with Gasteiger partial charge in [-0.3, -0.25) is 4.79 Å². The Kier molecular flexibility index (Phi) is 12.6. The third-order valence-corrected chi connectivity index (χ3v) is 8.07. The summed E-state index contributed by atoms with van der Waals surface area (Å²) in [6, 6.07) is 12.3. The van der Waals surface area contributed by atoms with E-state index in [1.165, 1.54) is 20.4 Å². The number of halogens is 3. The minimum atomic E-state index is -0.785. The standard InChI is InChI=1S/C32H31Cl2IN4O8/c1-5-45-31(41)28-17(2)37-32(42)38-29(28)19-7-9-24(25(12-19)43-3)46-16-27(40)39-36-14-18-10-23(35)30(26(11-18)44-4)47-15-20-6-8-21(33)13-22(20)34/h6-14,29H,5,15-16H2,1-4H3,(H,39,40)(H2,37,38,42)/b36-14-/t29-/m0/s1. The van der Waals surface area contributed by atoms with Gasteiger partial charge in [0.15, 0.2) is 29.6 Å². The summed E-state index contributed by atoms with van der Waals surface area (Å²) >= 11 is 14.4. The Bertz CT molecular complexity index is 1730. The molecule has 0 bridgehead atoms. The molecule has 1 aliphatic rings. The zero-order chi connectivity index (χ0) is 34.1. The molecule has 4 rings (SSSR count). The van der Waals surface area contributed by atoms with E-state index in [0.717, 1.165) is 9.13 Å². The summed E-state index contributed by atoms with van der Waals surface area (Å²) in [5.74, 6) is 0.467. The molecule has 15 heteroatoms. The van der Waals surface area contributed by atoms with Crippen molar-refractivity contribution in [1.29, 1.82) is 0 Å². The van der Waals surface area contributed by atoms with E-state index in [0.29, 0.717) is 38.4 Å². The van der Waals surface area contributed by atoms with Gasteiger partial charge in [0.1, 0.15) is 6.61 Å². The van der Waals surface area contributed by atoms with Gasteiger partial charge in [-0.1, -0.05) is 35.3 Å². The second kappa shape index (κ2) is 16.6. The highest BCUT2D eigenvalue weighted by Crippen LogP contribution is 2.36. The van der Waals surface area contributed by atoms with Crippen LogP contribution in [-0.4, -0.2) is 51.6 Å². The number of urea groups is 1. The molecule has 3 N–H and O–H groups in total. The number of ether oxygens (including phenoxy) is 5. The molecule has 3 aromatic rings. The first-order valence-electron chi connectivity index (χ1n) is 14.1. The molecule has 0 unspecified atom stereocenters. The number of allylic oxidation sites excluding steroid dienone is 1.